The molecular formula is C47H84O5. The van der Waals surface area contributed by atoms with Gasteiger partial charge in [0, 0.05) is 19.4 Å². The summed E-state index contributed by atoms with van der Waals surface area (Å²) in [5, 5.41) is 0. The minimum atomic E-state index is -0.545. The molecule has 0 N–H and O–H groups in total. The van der Waals surface area contributed by atoms with Crippen LogP contribution in [0.5, 0.6) is 0 Å². The maximum atomic E-state index is 12.6. The Morgan fingerprint density at radius 1 is 0.442 bits per heavy atom. The van der Waals surface area contributed by atoms with Crippen LogP contribution in [0.1, 0.15) is 213 Å². The first-order valence-corrected chi connectivity index (χ1v) is 22.2. The summed E-state index contributed by atoms with van der Waals surface area (Å²) in [4.78, 5) is 25.1. The lowest BCUT2D eigenvalue weighted by Gasteiger charge is -2.18. The average Bonchev–Trinajstić information content (AvgIpc) is 3.14. The van der Waals surface area contributed by atoms with Gasteiger partial charge in [0.05, 0.1) is 6.61 Å². The lowest BCUT2D eigenvalue weighted by atomic mass is 10.1. The zero-order valence-corrected chi connectivity index (χ0v) is 34.6. The van der Waals surface area contributed by atoms with E-state index in [0.29, 0.717) is 19.4 Å². The SMILES string of the molecule is CC/C=C\C/C=C\C/C=C\C/C=C\CCCCCOCC(COC(=O)CCCCCCCCCCCCC)OC(=O)CCCCCCCCCCC. The molecule has 1 atom stereocenters. The van der Waals surface area contributed by atoms with Crippen LogP contribution in [0.25, 0.3) is 0 Å². The van der Waals surface area contributed by atoms with E-state index in [1.54, 1.807) is 0 Å². The van der Waals surface area contributed by atoms with Crippen LogP contribution in [0, 0.1) is 0 Å². The van der Waals surface area contributed by atoms with Crippen LogP contribution < -0.4 is 0 Å². The van der Waals surface area contributed by atoms with Crippen molar-refractivity contribution in [2.24, 2.45) is 0 Å². The largest absolute Gasteiger partial charge is 0.462 e. The molecule has 0 saturated heterocycles. The van der Waals surface area contributed by atoms with E-state index < -0.39 is 6.10 Å². The maximum Gasteiger partial charge on any atom is 0.306 e. The summed E-state index contributed by atoms with van der Waals surface area (Å²) in [6.45, 7) is 7.63. The van der Waals surface area contributed by atoms with Gasteiger partial charge in [0.2, 0.25) is 0 Å². The molecule has 0 spiro atoms. The highest BCUT2D eigenvalue weighted by atomic mass is 16.6. The fourth-order valence-electron chi connectivity index (χ4n) is 6.09. The molecule has 5 nitrogen and oxygen atoms in total. The summed E-state index contributed by atoms with van der Waals surface area (Å²) in [6.07, 6.45) is 51.1. The summed E-state index contributed by atoms with van der Waals surface area (Å²) in [7, 11) is 0. The number of carbonyl (C=O) groups excluding carboxylic acids is 2. The predicted molar refractivity (Wildman–Crippen MR) is 224 cm³/mol. The summed E-state index contributed by atoms with van der Waals surface area (Å²) >= 11 is 0. The molecule has 0 amide bonds. The first kappa shape index (κ1) is 49.9. The van der Waals surface area contributed by atoms with Crippen molar-refractivity contribution in [3.8, 4) is 0 Å². The van der Waals surface area contributed by atoms with Crippen LogP contribution in [0.3, 0.4) is 0 Å². The van der Waals surface area contributed by atoms with Crippen molar-refractivity contribution in [2.45, 2.75) is 219 Å². The molecule has 0 aromatic rings. The van der Waals surface area contributed by atoms with Crippen LogP contribution >= 0.6 is 0 Å². The van der Waals surface area contributed by atoms with Gasteiger partial charge >= 0.3 is 11.9 Å². The molecule has 0 bridgehead atoms. The summed E-state index contributed by atoms with van der Waals surface area (Å²) in [5.41, 5.74) is 0. The maximum absolute atomic E-state index is 12.6. The molecule has 0 aromatic carbocycles. The van der Waals surface area contributed by atoms with Crippen LogP contribution in [-0.4, -0.2) is 37.9 Å². The van der Waals surface area contributed by atoms with Gasteiger partial charge in [0.25, 0.3) is 0 Å². The molecule has 0 saturated carbocycles. The van der Waals surface area contributed by atoms with Gasteiger partial charge < -0.3 is 14.2 Å². The Kier molecular flexibility index (Phi) is 41.5. The molecule has 5 heteroatoms. The third-order valence-corrected chi connectivity index (χ3v) is 9.38. The normalized spacial score (nSPS) is 12.6. The van der Waals surface area contributed by atoms with E-state index in [9.17, 15) is 9.59 Å². The van der Waals surface area contributed by atoms with Crippen molar-refractivity contribution < 1.29 is 23.8 Å². The second kappa shape index (κ2) is 43.3. The Hall–Kier alpha value is -2.14. The van der Waals surface area contributed by atoms with Gasteiger partial charge in [0.15, 0.2) is 6.10 Å². The molecule has 0 radical (unpaired) electrons. The highest BCUT2D eigenvalue weighted by Gasteiger charge is 2.17. The van der Waals surface area contributed by atoms with Gasteiger partial charge in [-0.15, -0.1) is 0 Å². The van der Waals surface area contributed by atoms with Crippen molar-refractivity contribution in [1.82, 2.24) is 0 Å². The second-order valence-electron chi connectivity index (χ2n) is 14.6. The van der Waals surface area contributed by atoms with Crippen LogP contribution in [0.4, 0.5) is 0 Å². The van der Waals surface area contributed by atoms with Crippen molar-refractivity contribution in [2.75, 3.05) is 19.8 Å². The molecule has 0 aliphatic heterocycles. The highest BCUT2D eigenvalue weighted by Crippen LogP contribution is 2.14. The molecule has 0 heterocycles. The van der Waals surface area contributed by atoms with Crippen LogP contribution in [0.2, 0.25) is 0 Å². The van der Waals surface area contributed by atoms with Crippen molar-refractivity contribution in [1.29, 1.82) is 0 Å². The minimum absolute atomic E-state index is 0.0756. The first-order chi connectivity index (χ1) is 25.6. The number of esters is 2. The van der Waals surface area contributed by atoms with E-state index >= 15 is 0 Å². The number of rotatable bonds is 40. The number of ether oxygens (including phenoxy) is 3. The molecule has 0 aliphatic carbocycles. The van der Waals surface area contributed by atoms with E-state index in [1.165, 1.54) is 103 Å². The Morgan fingerprint density at radius 3 is 1.37 bits per heavy atom. The Bertz CT molecular complexity index is 873. The average molecular weight is 729 g/mol. The summed E-state index contributed by atoms with van der Waals surface area (Å²) in [5.74, 6) is -0.414. The Labute approximate surface area is 322 Å². The third-order valence-electron chi connectivity index (χ3n) is 9.38. The monoisotopic (exact) mass is 729 g/mol. The zero-order valence-electron chi connectivity index (χ0n) is 34.6. The molecule has 0 aliphatic rings. The van der Waals surface area contributed by atoms with Crippen molar-refractivity contribution in [3.05, 3.63) is 48.6 Å². The lowest BCUT2D eigenvalue weighted by Crippen LogP contribution is -2.30. The molecular weight excluding hydrogens is 645 g/mol. The van der Waals surface area contributed by atoms with Gasteiger partial charge in [-0.2, -0.15) is 0 Å². The van der Waals surface area contributed by atoms with E-state index in [4.69, 9.17) is 14.2 Å². The molecule has 1 unspecified atom stereocenters. The standard InChI is InChI=1S/C47H84O5/c1-4-7-10-13-16-19-21-22-23-24-25-27-30-33-36-39-42-50-43-45(52-47(49)41-38-35-32-28-18-15-12-9-6-3)44-51-46(48)40-37-34-31-29-26-20-17-14-11-8-5-2/h7,10,16,19,22-23,25,27,45H,4-6,8-9,11-15,17-18,20-21,24,26,28-44H2,1-3H3/b10-7-,19-16-,23-22-,27-25-. The van der Waals surface area contributed by atoms with E-state index in [2.05, 4.69) is 69.4 Å². The number of carbonyl (C=O) groups is 2. The number of allylic oxidation sites excluding steroid dienone is 8. The van der Waals surface area contributed by atoms with Gasteiger partial charge in [-0.1, -0.05) is 191 Å². The number of unbranched alkanes of at least 4 members (excludes halogenated alkanes) is 21. The minimum Gasteiger partial charge on any atom is -0.462 e. The Morgan fingerprint density at radius 2 is 0.865 bits per heavy atom. The molecule has 0 aromatic heterocycles. The number of hydrogen-bond acceptors (Lipinski definition) is 5. The molecule has 0 fully saturated rings. The lowest BCUT2D eigenvalue weighted by molar-refractivity contribution is -0.163. The van der Waals surface area contributed by atoms with E-state index in [0.717, 1.165) is 77.0 Å². The van der Waals surface area contributed by atoms with Gasteiger partial charge in [0.1, 0.15) is 6.61 Å². The second-order valence-corrected chi connectivity index (χ2v) is 14.6. The van der Waals surface area contributed by atoms with E-state index in [-0.39, 0.29) is 25.2 Å². The predicted octanol–water partition coefficient (Wildman–Crippen LogP) is 14.4. The quantitative estimate of drug-likeness (QED) is 0.0357. The fourth-order valence-corrected chi connectivity index (χ4v) is 6.09. The van der Waals surface area contributed by atoms with Crippen molar-refractivity contribution in [3.63, 3.8) is 0 Å². The smallest absolute Gasteiger partial charge is 0.306 e. The van der Waals surface area contributed by atoms with Gasteiger partial charge in [-0.05, 0) is 57.8 Å². The van der Waals surface area contributed by atoms with Crippen molar-refractivity contribution >= 4 is 11.9 Å². The van der Waals surface area contributed by atoms with Gasteiger partial charge in [-0.25, -0.2) is 0 Å². The van der Waals surface area contributed by atoms with Crippen LogP contribution in [-0.2, 0) is 23.8 Å². The Balaban J connectivity index is 4.27. The van der Waals surface area contributed by atoms with Crippen LogP contribution in [0.15, 0.2) is 48.6 Å². The highest BCUT2D eigenvalue weighted by molar-refractivity contribution is 5.70. The number of hydrogen-bond donors (Lipinski definition) is 0. The first-order valence-electron chi connectivity index (χ1n) is 22.2. The molecule has 302 valence electrons. The summed E-state index contributed by atoms with van der Waals surface area (Å²) < 4.78 is 17.2. The topological polar surface area (TPSA) is 61.8 Å². The zero-order chi connectivity index (χ0) is 37.8. The molecule has 0 rings (SSSR count). The molecule has 52 heavy (non-hydrogen) atoms. The van der Waals surface area contributed by atoms with E-state index in [1.807, 2.05) is 0 Å². The fraction of sp³-hybridized carbons (Fsp3) is 0.787. The third kappa shape index (κ3) is 40.6. The van der Waals surface area contributed by atoms with Gasteiger partial charge in [-0.3, -0.25) is 9.59 Å². The summed E-state index contributed by atoms with van der Waals surface area (Å²) in [6, 6.07) is 0.